The molecule has 0 fully saturated rings. The molecular formula is C17H16O3. The molecule has 2 aromatic carbocycles. The van der Waals surface area contributed by atoms with Crippen LogP contribution in [0.25, 0.3) is 0 Å². The molecule has 0 saturated carbocycles. The van der Waals surface area contributed by atoms with Crippen molar-refractivity contribution in [3.05, 3.63) is 66.2 Å². The fraction of sp³-hybridized carbons (Fsp3) is 0.176. The highest BCUT2D eigenvalue weighted by Gasteiger charge is 2.22. The van der Waals surface area contributed by atoms with Gasteiger partial charge in [0.2, 0.25) is 6.79 Å². The standard InChI is InChI=1S/C17H16O3/c1-3-13(12-7-5-4-6-8-12)14-9-16-17(20-11-19-16)10-15(14)18-2/h3-10,13H,1,11H2,2H3. The van der Waals surface area contributed by atoms with Crippen LogP contribution < -0.4 is 14.2 Å². The van der Waals surface area contributed by atoms with Gasteiger partial charge in [-0.2, -0.15) is 0 Å². The van der Waals surface area contributed by atoms with Crippen molar-refractivity contribution in [2.45, 2.75) is 5.92 Å². The van der Waals surface area contributed by atoms with Gasteiger partial charge < -0.3 is 14.2 Å². The van der Waals surface area contributed by atoms with Crippen molar-refractivity contribution in [2.24, 2.45) is 0 Å². The fourth-order valence-corrected chi connectivity index (χ4v) is 2.46. The molecule has 1 aliphatic rings. The summed E-state index contributed by atoms with van der Waals surface area (Å²) in [5, 5.41) is 0. The Kier molecular flexibility index (Phi) is 3.33. The highest BCUT2D eigenvalue weighted by Crippen LogP contribution is 2.42. The van der Waals surface area contributed by atoms with E-state index in [4.69, 9.17) is 14.2 Å². The Morgan fingerprint density at radius 2 is 1.85 bits per heavy atom. The van der Waals surface area contributed by atoms with Crippen molar-refractivity contribution in [3.8, 4) is 17.2 Å². The molecule has 20 heavy (non-hydrogen) atoms. The van der Waals surface area contributed by atoms with E-state index in [1.165, 1.54) is 5.56 Å². The first kappa shape index (κ1) is 12.6. The Morgan fingerprint density at radius 1 is 1.15 bits per heavy atom. The Hall–Kier alpha value is -2.42. The lowest BCUT2D eigenvalue weighted by Crippen LogP contribution is -2.00. The third-order valence-electron chi connectivity index (χ3n) is 3.45. The summed E-state index contributed by atoms with van der Waals surface area (Å²) in [6.45, 7) is 4.21. The summed E-state index contributed by atoms with van der Waals surface area (Å²) in [5.41, 5.74) is 2.19. The highest BCUT2D eigenvalue weighted by atomic mass is 16.7. The zero-order valence-corrected chi connectivity index (χ0v) is 11.3. The summed E-state index contributed by atoms with van der Waals surface area (Å²) >= 11 is 0. The van der Waals surface area contributed by atoms with Gasteiger partial charge in [-0.15, -0.1) is 6.58 Å². The van der Waals surface area contributed by atoms with Gasteiger partial charge in [-0.25, -0.2) is 0 Å². The third-order valence-corrected chi connectivity index (χ3v) is 3.45. The molecule has 0 amide bonds. The molecule has 1 aliphatic heterocycles. The van der Waals surface area contributed by atoms with Crippen molar-refractivity contribution in [1.29, 1.82) is 0 Å². The van der Waals surface area contributed by atoms with Crippen LogP contribution in [-0.2, 0) is 0 Å². The topological polar surface area (TPSA) is 27.7 Å². The summed E-state index contributed by atoms with van der Waals surface area (Å²) in [4.78, 5) is 0. The first-order chi connectivity index (χ1) is 9.83. The minimum atomic E-state index is 0.0562. The molecule has 0 bridgehead atoms. The van der Waals surface area contributed by atoms with E-state index in [0.717, 1.165) is 22.8 Å². The predicted molar refractivity (Wildman–Crippen MR) is 77.6 cm³/mol. The van der Waals surface area contributed by atoms with Crippen LogP contribution in [0.15, 0.2) is 55.1 Å². The molecule has 0 saturated heterocycles. The maximum atomic E-state index is 5.49. The second kappa shape index (κ2) is 5.29. The third kappa shape index (κ3) is 2.11. The minimum Gasteiger partial charge on any atom is -0.496 e. The number of hydrogen-bond acceptors (Lipinski definition) is 3. The van der Waals surface area contributed by atoms with Crippen LogP contribution in [0.3, 0.4) is 0 Å². The lowest BCUT2D eigenvalue weighted by Gasteiger charge is -2.17. The van der Waals surface area contributed by atoms with Crippen LogP contribution in [0.5, 0.6) is 17.2 Å². The molecule has 0 N–H and O–H groups in total. The van der Waals surface area contributed by atoms with E-state index in [-0.39, 0.29) is 12.7 Å². The van der Waals surface area contributed by atoms with Gasteiger partial charge in [-0.3, -0.25) is 0 Å². The molecule has 1 unspecified atom stereocenters. The normalized spacial score (nSPS) is 13.8. The summed E-state index contributed by atoms with van der Waals surface area (Å²) in [6, 6.07) is 14.0. The number of ether oxygens (including phenoxy) is 3. The van der Waals surface area contributed by atoms with Crippen LogP contribution in [-0.4, -0.2) is 13.9 Å². The number of allylic oxidation sites excluding steroid dienone is 1. The van der Waals surface area contributed by atoms with Gasteiger partial charge in [0, 0.05) is 17.5 Å². The Balaban J connectivity index is 2.10. The smallest absolute Gasteiger partial charge is 0.231 e. The number of fused-ring (bicyclic) bond motifs is 1. The zero-order chi connectivity index (χ0) is 13.9. The Morgan fingerprint density at radius 3 is 2.50 bits per heavy atom. The molecule has 0 spiro atoms. The van der Waals surface area contributed by atoms with Crippen LogP contribution in [0.2, 0.25) is 0 Å². The van der Waals surface area contributed by atoms with Gasteiger partial charge >= 0.3 is 0 Å². The first-order valence-electron chi connectivity index (χ1n) is 6.48. The molecule has 3 nitrogen and oxygen atoms in total. The van der Waals surface area contributed by atoms with E-state index in [1.807, 2.05) is 36.4 Å². The highest BCUT2D eigenvalue weighted by molar-refractivity contribution is 5.55. The van der Waals surface area contributed by atoms with E-state index in [1.54, 1.807) is 7.11 Å². The Bertz CT molecular complexity index is 620. The molecule has 2 aromatic rings. The van der Waals surface area contributed by atoms with Crippen molar-refractivity contribution < 1.29 is 14.2 Å². The fourth-order valence-electron chi connectivity index (χ4n) is 2.46. The van der Waals surface area contributed by atoms with E-state index in [2.05, 4.69) is 18.7 Å². The van der Waals surface area contributed by atoms with E-state index in [0.29, 0.717) is 0 Å². The molecule has 1 atom stereocenters. The van der Waals surface area contributed by atoms with Crippen molar-refractivity contribution in [1.82, 2.24) is 0 Å². The lowest BCUT2D eigenvalue weighted by molar-refractivity contribution is 0.174. The number of benzene rings is 2. The largest absolute Gasteiger partial charge is 0.496 e. The second-order valence-electron chi connectivity index (χ2n) is 4.57. The van der Waals surface area contributed by atoms with Crippen molar-refractivity contribution in [2.75, 3.05) is 13.9 Å². The van der Waals surface area contributed by atoms with Gasteiger partial charge in [-0.1, -0.05) is 36.4 Å². The quantitative estimate of drug-likeness (QED) is 0.790. The van der Waals surface area contributed by atoms with Crippen LogP contribution in [0.1, 0.15) is 17.0 Å². The van der Waals surface area contributed by atoms with Gasteiger partial charge in [0.25, 0.3) is 0 Å². The average molecular weight is 268 g/mol. The summed E-state index contributed by atoms with van der Waals surface area (Å²) in [6.07, 6.45) is 1.91. The number of methoxy groups -OCH3 is 1. The van der Waals surface area contributed by atoms with Crippen molar-refractivity contribution in [3.63, 3.8) is 0 Å². The van der Waals surface area contributed by atoms with Crippen molar-refractivity contribution >= 4 is 0 Å². The molecule has 102 valence electrons. The minimum absolute atomic E-state index is 0.0562. The van der Waals surface area contributed by atoms with Gasteiger partial charge in [0.1, 0.15) is 5.75 Å². The summed E-state index contributed by atoms with van der Waals surface area (Å²) < 4.78 is 16.3. The lowest BCUT2D eigenvalue weighted by atomic mass is 9.90. The molecule has 3 rings (SSSR count). The van der Waals surface area contributed by atoms with Crippen LogP contribution in [0.4, 0.5) is 0 Å². The molecule has 1 heterocycles. The number of rotatable bonds is 4. The monoisotopic (exact) mass is 268 g/mol. The summed E-state index contributed by atoms with van der Waals surface area (Å²) in [5.74, 6) is 2.31. The molecular weight excluding hydrogens is 252 g/mol. The van der Waals surface area contributed by atoms with Crippen LogP contribution >= 0.6 is 0 Å². The predicted octanol–water partition coefficient (Wildman–Crippen LogP) is 3.74. The molecule has 0 aromatic heterocycles. The van der Waals surface area contributed by atoms with Gasteiger partial charge in [-0.05, 0) is 11.6 Å². The Labute approximate surface area is 118 Å². The average Bonchev–Trinajstić information content (AvgIpc) is 2.95. The molecule has 0 aliphatic carbocycles. The van der Waals surface area contributed by atoms with Gasteiger partial charge in [0.15, 0.2) is 11.5 Å². The van der Waals surface area contributed by atoms with Gasteiger partial charge in [0.05, 0.1) is 7.11 Å². The van der Waals surface area contributed by atoms with E-state index < -0.39 is 0 Å². The second-order valence-corrected chi connectivity index (χ2v) is 4.57. The SMILES string of the molecule is C=CC(c1ccccc1)c1cc2c(cc1OC)OCO2. The zero-order valence-electron chi connectivity index (χ0n) is 11.3. The number of hydrogen-bond donors (Lipinski definition) is 0. The maximum absolute atomic E-state index is 5.49. The van der Waals surface area contributed by atoms with E-state index >= 15 is 0 Å². The summed E-state index contributed by atoms with van der Waals surface area (Å²) in [7, 11) is 1.66. The first-order valence-corrected chi connectivity index (χ1v) is 6.48. The van der Waals surface area contributed by atoms with Crippen LogP contribution in [0, 0.1) is 0 Å². The molecule has 0 radical (unpaired) electrons. The van der Waals surface area contributed by atoms with E-state index in [9.17, 15) is 0 Å². The maximum Gasteiger partial charge on any atom is 0.231 e. The molecule has 3 heteroatoms.